The number of methoxy groups -OCH3 is 1. The fourth-order valence-corrected chi connectivity index (χ4v) is 2.47. The maximum absolute atomic E-state index is 12.6. The first kappa shape index (κ1) is 14.3. The molecule has 0 aromatic rings. The number of halogens is 3. The topological polar surface area (TPSA) is 52.3 Å². The van der Waals surface area contributed by atoms with Crippen molar-refractivity contribution in [1.29, 1.82) is 0 Å². The maximum atomic E-state index is 12.6. The van der Waals surface area contributed by atoms with Gasteiger partial charge in [-0.2, -0.15) is 13.2 Å². The van der Waals surface area contributed by atoms with Gasteiger partial charge in [0.05, 0.1) is 13.0 Å². The number of alkyl halides is 3. The molecule has 1 fully saturated rings. The van der Waals surface area contributed by atoms with E-state index in [2.05, 4.69) is 4.74 Å². The summed E-state index contributed by atoms with van der Waals surface area (Å²) in [7, 11) is 1.10. The molecule has 0 bridgehead atoms. The van der Waals surface area contributed by atoms with Crippen molar-refractivity contribution < 1.29 is 22.7 Å². The van der Waals surface area contributed by atoms with E-state index in [0.29, 0.717) is 12.8 Å². The Hall–Kier alpha value is -0.780. The molecule has 100 valence electrons. The molecule has 0 radical (unpaired) electrons. The molecule has 0 saturated heterocycles. The lowest BCUT2D eigenvalue weighted by atomic mass is 9.76. The zero-order chi connectivity index (χ0) is 13.1. The second kappa shape index (κ2) is 5.71. The SMILES string of the molecule is COC(=O)[C@H](C1CCCCC1)[C@@H](N)C(F)(F)F. The summed E-state index contributed by atoms with van der Waals surface area (Å²) in [6.07, 6.45) is -0.624. The minimum absolute atomic E-state index is 0.312. The van der Waals surface area contributed by atoms with Crippen LogP contribution in [0, 0.1) is 11.8 Å². The van der Waals surface area contributed by atoms with Gasteiger partial charge in [-0.05, 0) is 18.8 Å². The van der Waals surface area contributed by atoms with Crippen LogP contribution < -0.4 is 5.73 Å². The number of hydrogen-bond acceptors (Lipinski definition) is 3. The third-order valence-electron chi connectivity index (χ3n) is 3.40. The van der Waals surface area contributed by atoms with Crippen LogP contribution in [0.15, 0.2) is 0 Å². The Morgan fingerprint density at radius 1 is 1.29 bits per heavy atom. The lowest BCUT2D eigenvalue weighted by Crippen LogP contribution is -2.50. The first-order valence-corrected chi connectivity index (χ1v) is 5.78. The smallest absolute Gasteiger partial charge is 0.404 e. The van der Waals surface area contributed by atoms with Crippen LogP contribution in [0.1, 0.15) is 32.1 Å². The highest BCUT2D eigenvalue weighted by Gasteiger charge is 2.48. The van der Waals surface area contributed by atoms with Crippen LogP contribution in [0.25, 0.3) is 0 Å². The highest BCUT2D eigenvalue weighted by Crippen LogP contribution is 2.36. The zero-order valence-corrected chi connectivity index (χ0v) is 9.80. The van der Waals surface area contributed by atoms with Crippen LogP contribution in [0.2, 0.25) is 0 Å². The minimum Gasteiger partial charge on any atom is -0.469 e. The number of ether oxygens (including phenoxy) is 1. The molecule has 1 aliphatic rings. The summed E-state index contributed by atoms with van der Waals surface area (Å²) in [5.41, 5.74) is 5.18. The van der Waals surface area contributed by atoms with Gasteiger partial charge in [-0.25, -0.2) is 0 Å². The van der Waals surface area contributed by atoms with Crippen molar-refractivity contribution in [3.63, 3.8) is 0 Å². The molecule has 3 nitrogen and oxygen atoms in total. The Morgan fingerprint density at radius 2 is 1.82 bits per heavy atom. The fourth-order valence-electron chi connectivity index (χ4n) is 2.47. The van der Waals surface area contributed by atoms with Gasteiger partial charge in [0.25, 0.3) is 0 Å². The molecule has 6 heteroatoms. The summed E-state index contributed by atoms with van der Waals surface area (Å²) >= 11 is 0. The van der Waals surface area contributed by atoms with E-state index in [1.54, 1.807) is 0 Å². The number of carbonyl (C=O) groups excluding carboxylic acids is 1. The molecule has 1 aliphatic carbocycles. The summed E-state index contributed by atoms with van der Waals surface area (Å²) in [5, 5.41) is 0. The van der Waals surface area contributed by atoms with E-state index in [9.17, 15) is 18.0 Å². The second-order valence-electron chi connectivity index (χ2n) is 4.51. The molecule has 0 unspecified atom stereocenters. The Balaban J connectivity index is 2.82. The average molecular weight is 253 g/mol. The third-order valence-corrected chi connectivity index (χ3v) is 3.40. The molecule has 0 aromatic heterocycles. The van der Waals surface area contributed by atoms with Crippen LogP contribution in [-0.4, -0.2) is 25.3 Å². The Kier molecular flexibility index (Phi) is 4.80. The van der Waals surface area contributed by atoms with Gasteiger partial charge in [-0.1, -0.05) is 19.3 Å². The lowest BCUT2D eigenvalue weighted by molar-refractivity contribution is -0.180. The quantitative estimate of drug-likeness (QED) is 0.785. The second-order valence-corrected chi connectivity index (χ2v) is 4.51. The Labute approximate surface area is 98.5 Å². The standard InChI is InChI=1S/C11H18F3NO2/c1-17-10(16)8(9(15)11(12,13)14)7-5-3-2-4-6-7/h7-9H,2-6,15H2,1H3/t8-,9-/m1/s1. The molecule has 0 heterocycles. The molecular formula is C11H18F3NO2. The molecular weight excluding hydrogens is 235 g/mol. The molecule has 2 atom stereocenters. The first-order valence-electron chi connectivity index (χ1n) is 5.78. The van der Waals surface area contributed by atoms with Gasteiger partial charge >= 0.3 is 12.1 Å². The summed E-state index contributed by atoms with van der Waals surface area (Å²) in [6, 6.07) is -2.13. The van der Waals surface area contributed by atoms with Crippen LogP contribution in [0.4, 0.5) is 13.2 Å². The Bertz CT molecular complexity index is 262. The van der Waals surface area contributed by atoms with E-state index in [4.69, 9.17) is 5.73 Å². The lowest BCUT2D eigenvalue weighted by Gasteiger charge is -2.32. The van der Waals surface area contributed by atoms with E-state index in [-0.39, 0.29) is 5.92 Å². The van der Waals surface area contributed by atoms with Crippen molar-refractivity contribution in [3.8, 4) is 0 Å². The average Bonchev–Trinajstić information content (AvgIpc) is 2.29. The van der Waals surface area contributed by atoms with Crippen LogP contribution in [0.3, 0.4) is 0 Å². The largest absolute Gasteiger partial charge is 0.469 e. The highest BCUT2D eigenvalue weighted by molar-refractivity contribution is 5.73. The van der Waals surface area contributed by atoms with Crippen molar-refractivity contribution in [2.45, 2.75) is 44.3 Å². The minimum atomic E-state index is -4.56. The molecule has 0 amide bonds. The summed E-state index contributed by atoms with van der Waals surface area (Å²) in [4.78, 5) is 11.5. The predicted molar refractivity (Wildman–Crippen MR) is 56.1 cm³/mol. The fraction of sp³-hybridized carbons (Fsp3) is 0.909. The van der Waals surface area contributed by atoms with Gasteiger partial charge in [-0.3, -0.25) is 4.79 Å². The monoisotopic (exact) mass is 253 g/mol. The Morgan fingerprint density at radius 3 is 2.24 bits per heavy atom. The van der Waals surface area contributed by atoms with Gasteiger partial charge < -0.3 is 10.5 Å². The van der Waals surface area contributed by atoms with Gasteiger partial charge in [0.1, 0.15) is 6.04 Å². The van der Waals surface area contributed by atoms with E-state index >= 15 is 0 Å². The van der Waals surface area contributed by atoms with Crippen LogP contribution >= 0.6 is 0 Å². The molecule has 0 aliphatic heterocycles. The highest BCUT2D eigenvalue weighted by atomic mass is 19.4. The molecule has 2 N–H and O–H groups in total. The number of rotatable bonds is 3. The number of esters is 1. The van der Waals surface area contributed by atoms with Gasteiger partial charge in [0.15, 0.2) is 0 Å². The van der Waals surface area contributed by atoms with Crippen LogP contribution in [0.5, 0.6) is 0 Å². The molecule has 1 saturated carbocycles. The maximum Gasteiger partial charge on any atom is 0.404 e. The molecule has 17 heavy (non-hydrogen) atoms. The van der Waals surface area contributed by atoms with Crippen molar-refractivity contribution in [2.24, 2.45) is 17.6 Å². The first-order chi connectivity index (χ1) is 7.88. The van der Waals surface area contributed by atoms with E-state index in [0.717, 1.165) is 26.4 Å². The normalized spacial score (nSPS) is 21.9. The molecule has 1 rings (SSSR count). The van der Waals surface area contributed by atoms with E-state index < -0.39 is 24.1 Å². The molecule has 0 spiro atoms. The van der Waals surface area contributed by atoms with E-state index in [1.807, 2.05) is 0 Å². The zero-order valence-electron chi connectivity index (χ0n) is 9.80. The van der Waals surface area contributed by atoms with Crippen molar-refractivity contribution in [1.82, 2.24) is 0 Å². The van der Waals surface area contributed by atoms with Gasteiger partial charge in [0, 0.05) is 0 Å². The number of carbonyl (C=O) groups is 1. The van der Waals surface area contributed by atoms with E-state index in [1.165, 1.54) is 0 Å². The number of hydrogen-bond donors (Lipinski definition) is 1. The van der Waals surface area contributed by atoms with Gasteiger partial charge in [0.2, 0.25) is 0 Å². The summed E-state index contributed by atoms with van der Waals surface area (Å²) < 4.78 is 42.3. The van der Waals surface area contributed by atoms with Gasteiger partial charge in [-0.15, -0.1) is 0 Å². The summed E-state index contributed by atoms with van der Waals surface area (Å²) in [5.74, 6) is -2.42. The van der Waals surface area contributed by atoms with Crippen molar-refractivity contribution in [3.05, 3.63) is 0 Å². The number of nitrogens with two attached hydrogens (primary N) is 1. The molecule has 0 aromatic carbocycles. The van der Waals surface area contributed by atoms with Crippen molar-refractivity contribution >= 4 is 5.97 Å². The summed E-state index contributed by atoms with van der Waals surface area (Å²) in [6.45, 7) is 0. The van der Waals surface area contributed by atoms with Crippen LogP contribution in [-0.2, 0) is 9.53 Å². The predicted octanol–water partition coefficient (Wildman–Crippen LogP) is 2.25. The van der Waals surface area contributed by atoms with Crippen molar-refractivity contribution in [2.75, 3.05) is 7.11 Å². The third kappa shape index (κ3) is 3.59.